The van der Waals surface area contributed by atoms with Crippen molar-refractivity contribution in [1.29, 1.82) is 5.26 Å². The smallest absolute Gasteiger partial charge is 0.266 e. The van der Waals surface area contributed by atoms with Gasteiger partial charge in [-0.3, -0.25) is 9.69 Å². The lowest BCUT2D eigenvalue weighted by molar-refractivity contribution is -0.128. The number of anilines is 1. The Balaban J connectivity index is 1.21. The van der Waals surface area contributed by atoms with Crippen LogP contribution in [0.15, 0.2) is 96.7 Å². The number of rotatable bonds is 6. The van der Waals surface area contributed by atoms with E-state index in [0.29, 0.717) is 13.1 Å². The third-order valence-electron chi connectivity index (χ3n) is 7.54. The van der Waals surface area contributed by atoms with Crippen LogP contribution in [0, 0.1) is 18.3 Å². The minimum atomic E-state index is -0.163. The average molecular weight is 506 g/mol. The zero-order chi connectivity index (χ0) is 26.3. The van der Waals surface area contributed by atoms with Crippen LogP contribution < -0.4 is 4.90 Å². The second-order valence-corrected chi connectivity index (χ2v) is 10.1. The number of piperazine rings is 2. The number of nitrogens with zero attached hydrogens (tertiary/aromatic N) is 5. The zero-order valence-corrected chi connectivity index (χ0v) is 22.0. The molecule has 2 heterocycles. The maximum absolute atomic E-state index is 13.3. The fourth-order valence-electron chi connectivity index (χ4n) is 5.49. The number of amides is 1. The molecule has 0 aliphatic carbocycles. The molecule has 2 aliphatic heterocycles. The average Bonchev–Trinajstić information content (AvgIpc) is 2.97. The molecule has 0 unspecified atom stereocenters. The maximum atomic E-state index is 13.3. The summed E-state index contributed by atoms with van der Waals surface area (Å²) >= 11 is 0. The largest absolute Gasteiger partial charge is 0.373 e. The van der Waals surface area contributed by atoms with Gasteiger partial charge in [0.15, 0.2) is 0 Å². The predicted octanol–water partition coefficient (Wildman–Crippen LogP) is 4.46. The number of hydrogen-bond donors (Lipinski definition) is 0. The first-order chi connectivity index (χ1) is 18.6. The van der Waals surface area contributed by atoms with Gasteiger partial charge in [0.2, 0.25) is 0 Å². The molecule has 0 bridgehead atoms. The van der Waals surface area contributed by atoms with Crippen molar-refractivity contribution >= 4 is 11.6 Å². The number of carbonyl (C=O) groups is 1. The van der Waals surface area contributed by atoms with Gasteiger partial charge in [0.05, 0.1) is 6.04 Å². The molecule has 38 heavy (non-hydrogen) atoms. The van der Waals surface area contributed by atoms with Crippen LogP contribution >= 0.6 is 0 Å². The lowest BCUT2D eigenvalue weighted by atomic mass is 9.96. The molecule has 0 spiro atoms. The number of hydrogen-bond acceptors (Lipinski definition) is 5. The molecule has 0 radical (unpaired) electrons. The third kappa shape index (κ3) is 5.90. The summed E-state index contributed by atoms with van der Waals surface area (Å²) in [5, 5.41) is 9.84. The zero-order valence-electron chi connectivity index (χ0n) is 22.0. The topological polar surface area (TPSA) is 53.8 Å². The Bertz CT molecular complexity index is 1240. The molecule has 0 atom stereocenters. The Morgan fingerprint density at radius 1 is 0.789 bits per heavy atom. The van der Waals surface area contributed by atoms with E-state index in [0.717, 1.165) is 39.3 Å². The summed E-state index contributed by atoms with van der Waals surface area (Å²) < 4.78 is 0. The van der Waals surface area contributed by atoms with Gasteiger partial charge in [0, 0.05) is 64.2 Å². The van der Waals surface area contributed by atoms with Gasteiger partial charge in [0.25, 0.3) is 5.91 Å². The van der Waals surface area contributed by atoms with Gasteiger partial charge in [-0.25, -0.2) is 0 Å². The summed E-state index contributed by atoms with van der Waals surface area (Å²) in [6, 6.07) is 32.0. The van der Waals surface area contributed by atoms with Gasteiger partial charge < -0.3 is 14.7 Å². The molecule has 0 saturated carbocycles. The van der Waals surface area contributed by atoms with Gasteiger partial charge in [-0.05, 0) is 35.7 Å². The standard InChI is InChI=1S/C32H35N5O/c1-26-9-8-14-30(23-26)35-17-15-34(16-18-35)25-29(24-33)32(38)37-21-19-36(20-22-37)31(27-10-4-2-5-11-27)28-12-6-3-7-13-28/h2-14,23,25,31H,15-22H2,1H3/b29-25-. The fraction of sp³-hybridized carbons (Fsp3) is 0.312. The minimum absolute atomic E-state index is 0.144. The van der Waals surface area contributed by atoms with Crippen molar-refractivity contribution < 1.29 is 4.79 Å². The van der Waals surface area contributed by atoms with Crippen LogP contribution in [0.5, 0.6) is 0 Å². The monoisotopic (exact) mass is 505 g/mol. The lowest BCUT2D eigenvalue weighted by Gasteiger charge is -2.40. The van der Waals surface area contributed by atoms with Crippen LogP contribution in [0.4, 0.5) is 5.69 Å². The van der Waals surface area contributed by atoms with Crippen LogP contribution in [0.1, 0.15) is 22.7 Å². The first-order valence-corrected chi connectivity index (χ1v) is 13.4. The highest BCUT2D eigenvalue weighted by molar-refractivity contribution is 5.97. The number of nitriles is 1. The number of benzene rings is 3. The molecule has 2 fully saturated rings. The normalized spacial score (nSPS) is 17.0. The molecule has 3 aromatic carbocycles. The Kier molecular flexibility index (Phi) is 8.06. The molecule has 3 aromatic rings. The summed E-state index contributed by atoms with van der Waals surface area (Å²) in [6.45, 7) is 8.15. The Morgan fingerprint density at radius 2 is 1.39 bits per heavy atom. The van der Waals surface area contributed by atoms with E-state index in [9.17, 15) is 10.1 Å². The summed E-state index contributed by atoms with van der Waals surface area (Å²) in [7, 11) is 0. The van der Waals surface area contributed by atoms with Crippen LogP contribution in [-0.2, 0) is 4.79 Å². The van der Waals surface area contributed by atoms with E-state index in [2.05, 4.69) is 100 Å². The summed E-state index contributed by atoms with van der Waals surface area (Å²) in [5.41, 5.74) is 5.21. The molecule has 194 valence electrons. The summed E-state index contributed by atoms with van der Waals surface area (Å²) in [4.78, 5) is 22.1. The Labute approximate surface area is 226 Å². The van der Waals surface area contributed by atoms with Gasteiger partial charge in [0.1, 0.15) is 11.6 Å². The predicted molar refractivity (Wildman–Crippen MR) is 152 cm³/mol. The lowest BCUT2D eigenvalue weighted by Crippen LogP contribution is -2.50. The third-order valence-corrected chi connectivity index (χ3v) is 7.54. The van der Waals surface area contributed by atoms with Gasteiger partial charge >= 0.3 is 0 Å². The SMILES string of the molecule is Cc1cccc(N2CCN(/C=C(/C#N)C(=O)N3CCN(C(c4ccccc4)c4ccccc4)CC3)CC2)c1. The van der Waals surface area contributed by atoms with E-state index in [1.165, 1.54) is 22.4 Å². The van der Waals surface area contributed by atoms with E-state index in [-0.39, 0.29) is 17.5 Å². The van der Waals surface area contributed by atoms with E-state index in [1.807, 2.05) is 17.0 Å². The van der Waals surface area contributed by atoms with Crippen molar-refractivity contribution in [3.8, 4) is 6.07 Å². The maximum Gasteiger partial charge on any atom is 0.266 e. The molecule has 6 nitrogen and oxygen atoms in total. The van der Waals surface area contributed by atoms with E-state index in [1.54, 1.807) is 6.20 Å². The molecule has 5 rings (SSSR count). The Hall–Kier alpha value is -4.08. The highest BCUT2D eigenvalue weighted by Crippen LogP contribution is 2.29. The van der Waals surface area contributed by atoms with Crippen molar-refractivity contribution in [1.82, 2.24) is 14.7 Å². The number of aryl methyl sites for hydroxylation is 1. The van der Waals surface area contributed by atoms with Crippen LogP contribution in [-0.4, -0.2) is 73.0 Å². The van der Waals surface area contributed by atoms with Crippen LogP contribution in [0.25, 0.3) is 0 Å². The van der Waals surface area contributed by atoms with E-state index in [4.69, 9.17) is 0 Å². The molecule has 0 aromatic heterocycles. The highest BCUT2D eigenvalue weighted by Gasteiger charge is 2.29. The van der Waals surface area contributed by atoms with Gasteiger partial charge in [-0.15, -0.1) is 0 Å². The van der Waals surface area contributed by atoms with Crippen molar-refractivity contribution in [2.45, 2.75) is 13.0 Å². The quantitative estimate of drug-likeness (QED) is 0.366. The molecule has 0 N–H and O–H groups in total. The minimum Gasteiger partial charge on any atom is -0.373 e. The molecular weight excluding hydrogens is 470 g/mol. The van der Waals surface area contributed by atoms with Crippen molar-refractivity contribution in [2.24, 2.45) is 0 Å². The van der Waals surface area contributed by atoms with Crippen molar-refractivity contribution in [3.05, 3.63) is 113 Å². The molecule has 6 heteroatoms. The summed E-state index contributed by atoms with van der Waals surface area (Å²) in [5.74, 6) is -0.163. The summed E-state index contributed by atoms with van der Waals surface area (Å²) in [6.07, 6.45) is 1.78. The van der Waals surface area contributed by atoms with E-state index >= 15 is 0 Å². The van der Waals surface area contributed by atoms with Gasteiger partial charge in [-0.2, -0.15) is 5.26 Å². The van der Waals surface area contributed by atoms with Crippen LogP contribution in [0.3, 0.4) is 0 Å². The molecular formula is C32H35N5O. The molecule has 2 saturated heterocycles. The Morgan fingerprint density at radius 3 is 1.95 bits per heavy atom. The van der Waals surface area contributed by atoms with Gasteiger partial charge in [-0.1, -0.05) is 72.8 Å². The van der Waals surface area contributed by atoms with Crippen molar-refractivity contribution in [2.75, 3.05) is 57.3 Å². The van der Waals surface area contributed by atoms with Crippen LogP contribution in [0.2, 0.25) is 0 Å². The fourth-order valence-corrected chi connectivity index (χ4v) is 5.49. The molecule has 2 aliphatic rings. The van der Waals surface area contributed by atoms with E-state index < -0.39 is 0 Å². The first kappa shape index (κ1) is 25.6. The van der Waals surface area contributed by atoms with Crippen molar-refractivity contribution in [3.63, 3.8) is 0 Å². The second-order valence-electron chi connectivity index (χ2n) is 10.1. The highest BCUT2D eigenvalue weighted by atomic mass is 16.2. The number of carbonyl (C=O) groups excluding carboxylic acids is 1. The first-order valence-electron chi connectivity index (χ1n) is 13.4. The molecule has 1 amide bonds. The second kappa shape index (κ2) is 12.0.